The van der Waals surface area contributed by atoms with Crippen molar-refractivity contribution in [1.82, 2.24) is 0 Å². The Morgan fingerprint density at radius 3 is 2.62 bits per heavy atom. The van der Waals surface area contributed by atoms with Crippen molar-refractivity contribution in [2.75, 3.05) is 11.9 Å². The van der Waals surface area contributed by atoms with Gasteiger partial charge in [-0.05, 0) is 24.1 Å². The highest BCUT2D eigenvalue weighted by Crippen LogP contribution is 2.28. The molecule has 0 spiro atoms. The molecule has 0 fully saturated rings. The summed E-state index contributed by atoms with van der Waals surface area (Å²) in [4.78, 5) is 10.6. The Morgan fingerprint density at radius 1 is 1.24 bits per heavy atom. The van der Waals surface area contributed by atoms with Gasteiger partial charge in [0.25, 0.3) is 5.69 Å². The lowest BCUT2D eigenvalue weighted by molar-refractivity contribution is -0.384. The average Bonchev–Trinajstić information content (AvgIpc) is 2.48. The number of hydrogen-bond acceptors (Lipinski definition) is 4. The molecule has 1 atom stereocenters. The molecule has 0 aliphatic rings. The highest BCUT2D eigenvalue weighted by Gasteiger charge is 2.14. The van der Waals surface area contributed by atoms with E-state index in [0.717, 1.165) is 10.0 Å². The first kappa shape index (κ1) is 15.5. The van der Waals surface area contributed by atoms with E-state index in [9.17, 15) is 10.1 Å². The maximum absolute atomic E-state index is 11.0. The van der Waals surface area contributed by atoms with Crippen molar-refractivity contribution in [3.63, 3.8) is 0 Å². The maximum Gasteiger partial charge on any atom is 0.292 e. The summed E-state index contributed by atoms with van der Waals surface area (Å²) in [5.74, 6) is 0. The van der Waals surface area contributed by atoms with Gasteiger partial charge in [-0.15, -0.1) is 0 Å². The molecule has 0 saturated heterocycles. The standard InChI is InChI=1S/C15H16BrN3O2/c16-12-6-7-15(19(20)21)14(10-12)18-9-8-13(17)11-4-2-1-3-5-11/h1-7,10,13,18H,8-9,17H2. The van der Waals surface area contributed by atoms with Crippen LogP contribution in [0.4, 0.5) is 11.4 Å². The Bertz CT molecular complexity index is 620. The van der Waals surface area contributed by atoms with Crippen LogP contribution in [0.1, 0.15) is 18.0 Å². The molecule has 2 aromatic rings. The van der Waals surface area contributed by atoms with Gasteiger partial charge in [0, 0.05) is 23.1 Å². The minimum atomic E-state index is -0.397. The summed E-state index contributed by atoms with van der Waals surface area (Å²) in [5, 5.41) is 14.1. The molecule has 3 N–H and O–H groups in total. The molecule has 0 aliphatic carbocycles. The van der Waals surface area contributed by atoms with Crippen LogP contribution in [0, 0.1) is 10.1 Å². The zero-order chi connectivity index (χ0) is 15.2. The predicted molar refractivity (Wildman–Crippen MR) is 87.3 cm³/mol. The normalized spacial score (nSPS) is 11.9. The second kappa shape index (κ2) is 7.19. The molecule has 21 heavy (non-hydrogen) atoms. The molecule has 6 heteroatoms. The lowest BCUT2D eigenvalue weighted by Gasteiger charge is -2.13. The zero-order valence-electron chi connectivity index (χ0n) is 11.3. The molecular formula is C15H16BrN3O2. The Labute approximate surface area is 131 Å². The van der Waals surface area contributed by atoms with Crippen molar-refractivity contribution >= 4 is 27.3 Å². The fourth-order valence-electron chi connectivity index (χ4n) is 2.04. The van der Waals surface area contributed by atoms with E-state index < -0.39 is 4.92 Å². The smallest absolute Gasteiger partial charge is 0.292 e. The molecule has 5 nitrogen and oxygen atoms in total. The summed E-state index contributed by atoms with van der Waals surface area (Å²) in [6.45, 7) is 0.563. The minimum absolute atomic E-state index is 0.0616. The maximum atomic E-state index is 11.0. The minimum Gasteiger partial charge on any atom is -0.379 e. The second-order valence-electron chi connectivity index (χ2n) is 4.65. The number of benzene rings is 2. The quantitative estimate of drug-likeness (QED) is 0.612. The van der Waals surface area contributed by atoms with E-state index in [2.05, 4.69) is 21.2 Å². The van der Waals surface area contributed by atoms with Gasteiger partial charge in [-0.3, -0.25) is 10.1 Å². The number of nitrogens with two attached hydrogens (primary N) is 1. The molecule has 0 aliphatic heterocycles. The van der Waals surface area contributed by atoms with Crippen LogP contribution in [0.3, 0.4) is 0 Å². The number of rotatable bonds is 6. The van der Waals surface area contributed by atoms with Gasteiger partial charge in [-0.2, -0.15) is 0 Å². The lowest BCUT2D eigenvalue weighted by atomic mass is 10.1. The van der Waals surface area contributed by atoms with Crippen LogP contribution in [0.5, 0.6) is 0 Å². The van der Waals surface area contributed by atoms with Crippen molar-refractivity contribution in [2.24, 2.45) is 5.73 Å². The van der Waals surface area contributed by atoms with Gasteiger partial charge in [-0.25, -0.2) is 0 Å². The zero-order valence-corrected chi connectivity index (χ0v) is 12.9. The fraction of sp³-hybridized carbons (Fsp3) is 0.200. The van der Waals surface area contributed by atoms with Gasteiger partial charge in [0.2, 0.25) is 0 Å². The highest BCUT2D eigenvalue weighted by atomic mass is 79.9. The summed E-state index contributed by atoms with van der Waals surface area (Å²) in [7, 11) is 0. The van der Waals surface area contributed by atoms with Gasteiger partial charge in [0.1, 0.15) is 5.69 Å². The molecular weight excluding hydrogens is 334 g/mol. The van der Waals surface area contributed by atoms with E-state index in [1.807, 2.05) is 30.3 Å². The summed E-state index contributed by atoms with van der Waals surface area (Å²) in [6, 6.07) is 14.5. The number of hydrogen-bond donors (Lipinski definition) is 2. The number of anilines is 1. The van der Waals surface area contributed by atoms with E-state index in [1.54, 1.807) is 12.1 Å². The molecule has 110 valence electrons. The third kappa shape index (κ3) is 4.27. The van der Waals surface area contributed by atoms with Gasteiger partial charge in [0.05, 0.1) is 4.92 Å². The number of halogens is 1. The first-order valence-electron chi connectivity index (χ1n) is 6.56. The second-order valence-corrected chi connectivity index (χ2v) is 5.57. The molecule has 0 radical (unpaired) electrons. The Kier molecular flexibility index (Phi) is 5.30. The van der Waals surface area contributed by atoms with Gasteiger partial charge in [0.15, 0.2) is 0 Å². The molecule has 1 unspecified atom stereocenters. The summed E-state index contributed by atoms with van der Waals surface area (Å²) < 4.78 is 0.794. The Balaban J connectivity index is 1.97. The average molecular weight is 350 g/mol. The third-order valence-electron chi connectivity index (χ3n) is 3.15. The van der Waals surface area contributed by atoms with E-state index in [-0.39, 0.29) is 11.7 Å². The van der Waals surface area contributed by atoms with Gasteiger partial charge in [-0.1, -0.05) is 46.3 Å². The molecule has 0 amide bonds. The molecule has 0 heterocycles. The van der Waals surface area contributed by atoms with Crippen LogP contribution in [-0.2, 0) is 0 Å². The molecule has 0 bridgehead atoms. The van der Waals surface area contributed by atoms with E-state index in [0.29, 0.717) is 18.7 Å². The van der Waals surface area contributed by atoms with Crippen LogP contribution < -0.4 is 11.1 Å². The molecule has 0 saturated carbocycles. The topological polar surface area (TPSA) is 81.2 Å². The highest BCUT2D eigenvalue weighted by molar-refractivity contribution is 9.10. The molecule has 2 rings (SSSR count). The molecule has 2 aromatic carbocycles. The Morgan fingerprint density at radius 2 is 1.95 bits per heavy atom. The van der Waals surface area contributed by atoms with E-state index >= 15 is 0 Å². The van der Waals surface area contributed by atoms with Gasteiger partial charge >= 0.3 is 0 Å². The van der Waals surface area contributed by atoms with Crippen LogP contribution in [0.2, 0.25) is 0 Å². The summed E-state index contributed by atoms with van der Waals surface area (Å²) >= 11 is 3.32. The van der Waals surface area contributed by atoms with E-state index in [1.165, 1.54) is 6.07 Å². The summed E-state index contributed by atoms with van der Waals surface area (Å²) in [6.07, 6.45) is 0.688. The van der Waals surface area contributed by atoms with Crippen molar-refractivity contribution in [3.8, 4) is 0 Å². The summed E-state index contributed by atoms with van der Waals surface area (Å²) in [5.41, 5.74) is 7.72. The number of nitro groups is 1. The Hall–Kier alpha value is -1.92. The van der Waals surface area contributed by atoms with Crippen molar-refractivity contribution in [1.29, 1.82) is 0 Å². The van der Waals surface area contributed by atoms with Crippen molar-refractivity contribution < 1.29 is 4.92 Å². The fourth-order valence-corrected chi connectivity index (χ4v) is 2.40. The number of nitrogens with one attached hydrogen (secondary N) is 1. The molecule has 0 aromatic heterocycles. The predicted octanol–water partition coefficient (Wildman–Crippen LogP) is 3.86. The lowest BCUT2D eigenvalue weighted by Crippen LogP contribution is -2.15. The first-order chi connectivity index (χ1) is 10.1. The van der Waals surface area contributed by atoms with Crippen LogP contribution in [0.25, 0.3) is 0 Å². The third-order valence-corrected chi connectivity index (χ3v) is 3.65. The van der Waals surface area contributed by atoms with Crippen LogP contribution >= 0.6 is 15.9 Å². The van der Waals surface area contributed by atoms with Crippen LogP contribution in [-0.4, -0.2) is 11.5 Å². The van der Waals surface area contributed by atoms with Crippen molar-refractivity contribution in [2.45, 2.75) is 12.5 Å². The first-order valence-corrected chi connectivity index (χ1v) is 7.35. The van der Waals surface area contributed by atoms with Crippen LogP contribution in [0.15, 0.2) is 53.0 Å². The number of nitro benzene ring substituents is 1. The number of nitrogens with zero attached hydrogens (tertiary/aromatic N) is 1. The monoisotopic (exact) mass is 349 g/mol. The van der Waals surface area contributed by atoms with E-state index in [4.69, 9.17) is 5.73 Å². The van der Waals surface area contributed by atoms with Crippen molar-refractivity contribution in [3.05, 3.63) is 68.7 Å². The van der Waals surface area contributed by atoms with Gasteiger partial charge < -0.3 is 11.1 Å². The largest absolute Gasteiger partial charge is 0.379 e. The SMILES string of the molecule is NC(CCNc1cc(Br)ccc1[N+](=O)[O-])c1ccccc1.